The number of carbonyl (C=O) groups is 1. The van der Waals surface area contributed by atoms with E-state index in [0.717, 1.165) is 44.8 Å². The standard InChI is InChI=1S/C16H28O2/c1-3-4-13-16(2,18)14-11-9-7-5-6-8-10-12-15-17/h5,7,9,11,15,18H,3-4,6,8,10,12-14H2,1-2H3. The van der Waals surface area contributed by atoms with Gasteiger partial charge in [0.1, 0.15) is 6.29 Å². The molecule has 0 aromatic rings. The van der Waals surface area contributed by atoms with Crippen molar-refractivity contribution in [2.45, 2.75) is 70.8 Å². The predicted molar refractivity (Wildman–Crippen MR) is 77.6 cm³/mol. The van der Waals surface area contributed by atoms with Gasteiger partial charge in [-0.1, -0.05) is 44.1 Å². The van der Waals surface area contributed by atoms with Gasteiger partial charge in [0.2, 0.25) is 0 Å². The second kappa shape index (κ2) is 11.2. The predicted octanol–water partition coefficient (Wildman–Crippen LogP) is 4.19. The van der Waals surface area contributed by atoms with Gasteiger partial charge in [-0.05, 0) is 39.0 Å². The highest BCUT2D eigenvalue weighted by Gasteiger charge is 2.16. The summed E-state index contributed by atoms with van der Waals surface area (Å²) in [5.74, 6) is 0. The minimum absolute atomic E-state index is 0.565. The quantitative estimate of drug-likeness (QED) is 0.340. The molecule has 0 radical (unpaired) electrons. The van der Waals surface area contributed by atoms with Crippen LogP contribution < -0.4 is 0 Å². The van der Waals surface area contributed by atoms with Crippen LogP contribution in [0, 0.1) is 0 Å². The zero-order valence-electron chi connectivity index (χ0n) is 11.9. The summed E-state index contributed by atoms with van der Waals surface area (Å²) >= 11 is 0. The number of aldehydes is 1. The van der Waals surface area contributed by atoms with Crippen molar-refractivity contribution in [2.24, 2.45) is 0 Å². The van der Waals surface area contributed by atoms with Gasteiger partial charge < -0.3 is 9.90 Å². The Kier molecular flexibility index (Phi) is 10.7. The summed E-state index contributed by atoms with van der Waals surface area (Å²) in [6.45, 7) is 4.04. The topological polar surface area (TPSA) is 37.3 Å². The molecule has 0 bridgehead atoms. The molecule has 0 saturated heterocycles. The molecule has 104 valence electrons. The molecule has 2 nitrogen and oxygen atoms in total. The maximum Gasteiger partial charge on any atom is 0.119 e. The fraction of sp³-hybridized carbons (Fsp3) is 0.688. The molecule has 0 amide bonds. The van der Waals surface area contributed by atoms with Gasteiger partial charge in [-0.3, -0.25) is 0 Å². The Morgan fingerprint density at radius 1 is 1.06 bits per heavy atom. The van der Waals surface area contributed by atoms with Crippen LogP contribution in [0.1, 0.15) is 65.2 Å². The molecule has 0 spiro atoms. The van der Waals surface area contributed by atoms with Crippen molar-refractivity contribution >= 4 is 6.29 Å². The summed E-state index contributed by atoms with van der Waals surface area (Å²) in [7, 11) is 0. The monoisotopic (exact) mass is 252 g/mol. The molecule has 0 aliphatic heterocycles. The third-order valence-electron chi connectivity index (χ3n) is 2.95. The summed E-state index contributed by atoms with van der Waals surface area (Å²) < 4.78 is 0. The van der Waals surface area contributed by atoms with Gasteiger partial charge in [-0.2, -0.15) is 0 Å². The van der Waals surface area contributed by atoms with E-state index in [-0.39, 0.29) is 0 Å². The van der Waals surface area contributed by atoms with Crippen molar-refractivity contribution in [1.82, 2.24) is 0 Å². The highest BCUT2D eigenvalue weighted by molar-refractivity contribution is 5.48. The Bertz CT molecular complexity index is 252. The van der Waals surface area contributed by atoms with E-state index >= 15 is 0 Å². The van der Waals surface area contributed by atoms with Crippen LogP contribution >= 0.6 is 0 Å². The van der Waals surface area contributed by atoms with Crippen LogP contribution in [0.15, 0.2) is 24.3 Å². The molecule has 0 aromatic heterocycles. The summed E-state index contributed by atoms with van der Waals surface area (Å²) in [5, 5.41) is 10.0. The van der Waals surface area contributed by atoms with Gasteiger partial charge in [-0.15, -0.1) is 0 Å². The zero-order chi connectivity index (χ0) is 13.7. The van der Waals surface area contributed by atoms with Gasteiger partial charge in [0, 0.05) is 6.42 Å². The van der Waals surface area contributed by atoms with Crippen LogP contribution in [0.3, 0.4) is 0 Å². The second-order valence-electron chi connectivity index (χ2n) is 5.11. The number of unbranched alkanes of at least 4 members (excludes halogenated alkanes) is 4. The largest absolute Gasteiger partial charge is 0.390 e. The third-order valence-corrected chi connectivity index (χ3v) is 2.95. The average molecular weight is 252 g/mol. The SMILES string of the molecule is CCCCC(C)(O)CC=CC=CCCCCC=O. The molecule has 1 unspecified atom stereocenters. The van der Waals surface area contributed by atoms with Crippen LogP contribution in [0.5, 0.6) is 0 Å². The van der Waals surface area contributed by atoms with E-state index in [2.05, 4.69) is 13.0 Å². The van der Waals surface area contributed by atoms with Crippen molar-refractivity contribution in [1.29, 1.82) is 0 Å². The molecule has 0 fully saturated rings. The first-order chi connectivity index (χ1) is 8.62. The second-order valence-corrected chi connectivity index (χ2v) is 5.11. The number of hydrogen-bond acceptors (Lipinski definition) is 2. The van der Waals surface area contributed by atoms with E-state index in [4.69, 9.17) is 0 Å². The van der Waals surface area contributed by atoms with E-state index < -0.39 is 5.60 Å². The average Bonchev–Trinajstić information content (AvgIpc) is 2.34. The van der Waals surface area contributed by atoms with Crippen molar-refractivity contribution < 1.29 is 9.90 Å². The lowest BCUT2D eigenvalue weighted by atomic mass is 9.95. The fourth-order valence-electron chi connectivity index (χ4n) is 1.72. The lowest BCUT2D eigenvalue weighted by Gasteiger charge is -2.20. The number of allylic oxidation sites excluding steroid dienone is 3. The van der Waals surface area contributed by atoms with Gasteiger partial charge >= 0.3 is 0 Å². The zero-order valence-corrected chi connectivity index (χ0v) is 11.9. The molecular weight excluding hydrogens is 224 g/mol. The fourth-order valence-corrected chi connectivity index (χ4v) is 1.72. The highest BCUT2D eigenvalue weighted by Crippen LogP contribution is 2.18. The van der Waals surface area contributed by atoms with Gasteiger partial charge in [0.05, 0.1) is 5.60 Å². The lowest BCUT2D eigenvalue weighted by molar-refractivity contribution is -0.107. The minimum Gasteiger partial charge on any atom is -0.390 e. The van der Waals surface area contributed by atoms with Crippen molar-refractivity contribution in [3.8, 4) is 0 Å². The molecule has 0 aromatic carbocycles. The Morgan fingerprint density at radius 3 is 2.39 bits per heavy atom. The molecule has 1 atom stereocenters. The van der Waals surface area contributed by atoms with Crippen LogP contribution in [0.25, 0.3) is 0 Å². The van der Waals surface area contributed by atoms with E-state index in [1.807, 2.05) is 25.2 Å². The van der Waals surface area contributed by atoms with Gasteiger partial charge in [0.15, 0.2) is 0 Å². The van der Waals surface area contributed by atoms with Crippen LogP contribution in [0.4, 0.5) is 0 Å². The summed E-state index contributed by atoms with van der Waals surface area (Å²) in [6.07, 6.45) is 16.6. The van der Waals surface area contributed by atoms with Gasteiger partial charge in [-0.25, -0.2) is 0 Å². The highest BCUT2D eigenvalue weighted by atomic mass is 16.3. The number of aliphatic hydroxyl groups is 1. The molecular formula is C16H28O2. The van der Waals surface area contributed by atoms with Crippen LogP contribution in [0.2, 0.25) is 0 Å². The maximum absolute atomic E-state index is 10.1. The molecule has 0 saturated carbocycles. The van der Waals surface area contributed by atoms with Crippen LogP contribution in [-0.2, 0) is 4.79 Å². The normalized spacial score (nSPS) is 15.3. The Balaban J connectivity index is 3.62. The minimum atomic E-state index is -0.565. The molecule has 0 aliphatic rings. The maximum atomic E-state index is 10.1. The number of hydrogen-bond donors (Lipinski definition) is 1. The van der Waals surface area contributed by atoms with E-state index in [0.29, 0.717) is 12.8 Å². The summed E-state index contributed by atoms with van der Waals surface area (Å²) in [5.41, 5.74) is -0.565. The third kappa shape index (κ3) is 11.6. The summed E-state index contributed by atoms with van der Waals surface area (Å²) in [6, 6.07) is 0. The molecule has 2 heteroatoms. The van der Waals surface area contributed by atoms with Crippen molar-refractivity contribution in [3.63, 3.8) is 0 Å². The van der Waals surface area contributed by atoms with Gasteiger partial charge in [0.25, 0.3) is 0 Å². The van der Waals surface area contributed by atoms with E-state index in [1.54, 1.807) is 0 Å². The number of rotatable bonds is 11. The van der Waals surface area contributed by atoms with Crippen LogP contribution in [-0.4, -0.2) is 17.0 Å². The first-order valence-corrected chi connectivity index (χ1v) is 7.10. The smallest absolute Gasteiger partial charge is 0.119 e. The molecule has 0 rings (SSSR count). The first-order valence-electron chi connectivity index (χ1n) is 7.10. The Labute approximate surface area is 112 Å². The van der Waals surface area contributed by atoms with Crippen molar-refractivity contribution in [2.75, 3.05) is 0 Å². The lowest BCUT2D eigenvalue weighted by Crippen LogP contribution is -2.22. The molecule has 0 aliphatic carbocycles. The molecule has 18 heavy (non-hydrogen) atoms. The Hall–Kier alpha value is -0.890. The molecule has 0 heterocycles. The first kappa shape index (κ1) is 17.1. The van der Waals surface area contributed by atoms with Crippen molar-refractivity contribution in [3.05, 3.63) is 24.3 Å². The Morgan fingerprint density at radius 2 is 1.72 bits per heavy atom. The summed E-state index contributed by atoms with van der Waals surface area (Å²) in [4.78, 5) is 10.1. The molecule has 1 N–H and O–H groups in total. The van der Waals surface area contributed by atoms with E-state index in [9.17, 15) is 9.90 Å². The van der Waals surface area contributed by atoms with E-state index in [1.165, 1.54) is 0 Å². The number of carbonyl (C=O) groups excluding carboxylic acids is 1.